The molecule has 0 saturated carbocycles. The molecule has 142 valence electrons. The van der Waals surface area contributed by atoms with Crippen molar-refractivity contribution in [3.8, 4) is 0 Å². The van der Waals surface area contributed by atoms with Gasteiger partial charge in [-0.15, -0.1) is 16.4 Å². The van der Waals surface area contributed by atoms with Crippen molar-refractivity contribution in [3.05, 3.63) is 20.8 Å². The summed E-state index contributed by atoms with van der Waals surface area (Å²) in [6.45, 7) is 11.9. The Balaban J connectivity index is 1.96. The van der Waals surface area contributed by atoms with Crippen LogP contribution in [-0.4, -0.2) is 38.9 Å². The topological polar surface area (TPSA) is 68.1 Å². The van der Waals surface area contributed by atoms with Gasteiger partial charge in [-0.05, 0) is 50.0 Å². The van der Waals surface area contributed by atoms with Crippen LogP contribution < -0.4 is 5.56 Å². The minimum Gasteiger partial charge on any atom is -0.342 e. The Kier molecular flexibility index (Phi) is 5.19. The molecule has 6 nitrogen and oxygen atoms in total. The van der Waals surface area contributed by atoms with Crippen molar-refractivity contribution in [2.45, 2.75) is 60.4 Å². The molecule has 7 heteroatoms. The van der Waals surface area contributed by atoms with Gasteiger partial charge in [0.15, 0.2) is 4.83 Å². The van der Waals surface area contributed by atoms with Crippen LogP contribution in [0, 0.1) is 11.3 Å². The fourth-order valence-corrected chi connectivity index (χ4v) is 5.01. The van der Waals surface area contributed by atoms with Gasteiger partial charge in [0.2, 0.25) is 5.91 Å². The van der Waals surface area contributed by atoms with Crippen molar-refractivity contribution < 1.29 is 4.79 Å². The van der Waals surface area contributed by atoms with E-state index in [2.05, 4.69) is 31.1 Å². The third kappa shape index (κ3) is 3.41. The monoisotopic (exact) mass is 376 g/mol. The van der Waals surface area contributed by atoms with Crippen molar-refractivity contribution in [1.82, 2.24) is 19.9 Å². The quantitative estimate of drug-likeness (QED) is 0.823. The molecular formula is C19H28N4O2S. The maximum Gasteiger partial charge on any atom is 0.279 e. The van der Waals surface area contributed by atoms with Crippen LogP contribution in [0.4, 0.5) is 0 Å². The molecule has 1 aliphatic rings. The summed E-state index contributed by atoms with van der Waals surface area (Å²) in [7, 11) is 0. The van der Waals surface area contributed by atoms with Crippen LogP contribution in [0.15, 0.2) is 4.79 Å². The lowest BCUT2D eigenvalue weighted by Gasteiger charge is -2.33. The van der Waals surface area contributed by atoms with Crippen LogP contribution in [0.3, 0.4) is 0 Å². The number of hydrogen-bond acceptors (Lipinski definition) is 5. The van der Waals surface area contributed by atoms with E-state index in [4.69, 9.17) is 0 Å². The minimum atomic E-state index is -0.179. The Labute approximate surface area is 158 Å². The van der Waals surface area contributed by atoms with E-state index in [1.807, 2.05) is 13.8 Å². The number of likely N-dealkylation sites (N-methyl/N-ethyl adjacent to an activating group) is 1. The lowest BCUT2D eigenvalue weighted by atomic mass is 9.72. The first-order valence-corrected chi connectivity index (χ1v) is 10.2. The summed E-state index contributed by atoms with van der Waals surface area (Å²) in [6, 6.07) is 0. The Morgan fingerprint density at radius 3 is 2.62 bits per heavy atom. The molecule has 0 aromatic carbocycles. The molecule has 0 N–H and O–H groups in total. The first kappa shape index (κ1) is 19.0. The van der Waals surface area contributed by atoms with E-state index in [-0.39, 0.29) is 23.4 Å². The molecule has 0 aliphatic heterocycles. The van der Waals surface area contributed by atoms with E-state index < -0.39 is 0 Å². The Bertz CT molecular complexity index is 874. The maximum atomic E-state index is 13.0. The number of carbonyl (C=O) groups is 1. The normalized spacial score (nSPS) is 17.3. The average molecular weight is 377 g/mol. The highest BCUT2D eigenvalue weighted by molar-refractivity contribution is 7.18. The van der Waals surface area contributed by atoms with Crippen molar-refractivity contribution in [1.29, 1.82) is 0 Å². The third-order valence-electron chi connectivity index (χ3n) is 5.56. The molecule has 2 aromatic heterocycles. The number of thiophene rings is 1. The van der Waals surface area contributed by atoms with Crippen LogP contribution >= 0.6 is 11.3 Å². The molecule has 1 atom stereocenters. The molecule has 0 radical (unpaired) electrons. The SMILES string of the molecule is CCN(CC)C(=O)Cn1nnc2sc3c(c2c1=O)CC[C@H](C(C)(C)C)C3. The van der Waals surface area contributed by atoms with Crippen molar-refractivity contribution >= 4 is 27.5 Å². The van der Waals surface area contributed by atoms with Gasteiger partial charge in [0, 0.05) is 18.0 Å². The lowest BCUT2D eigenvalue weighted by Crippen LogP contribution is -2.37. The summed E-state index contributed by atoms with van der Waals surface area (Å²) >= 11 is 1.59. The van der Waals surface area contributed by atoms with Gasteiger partial charge in [-0.1, -0.05) is 26.0 Å². The van der Waals surface area contributed by atoms with Crippen molar-refractivity contribution in [3.63, 3.8) is 0 Å². The van der Waals surface area contributed by atoms with Gasteiger partial charge in [-0.25, -0.2) is 4.68 Å². The highest BCUT2D eigenvalue weighted by atomic mass is 32.1. The van der Waals surface area contributed by atoms with E-state index in [1.165, 1.54) is 9.56 Å². The Morgan fingerprint density at radius 1 is 1.31 bits per heavy atom. The van der Waals surface area contributed by atoms with E-state index in [0.29, 0.717) is 29.2 Å². The second-order valence-corrected chi connectivity index (χ2v) is 9.19. The van der Waals surface area contributed by atoms with Gasteiger partial charge in [-0.2, -0.15) is 0 Å². The van der Waals surface area contributed by atoms with Crippen molar-refractivity contribution in [2.75, 3.05) is 13.1 Å². The fraction of sp³-hybridized carbons (Fsp3) is 0.684. The van der Waals surface area contributed by atoms with Crippen molar-refractivity contribution in [2.24, 2.45) is 11.3 Å². The smallest absolute Gasteiger partial charge is 0.279 e. The zero-order chi connectivity index (χ0) is 19.1. The highest BCUT2D eigenvalue weighted by Gasteiger charge is 2.32. The number of carbonyl (C=O) groups excluding carboxylic acids is 1. The molecule has 3 rings (SSSR count). The van der Waals surface area contributed by atoms with Gasteiger partial charge in [0.25, 0.3) is 5.56 Å². The minimum absolute atomic E-state index is 0.0430. The van der Waals surface area contributed by atoms with Gasteiger partial charge in [0.1, 0.15) is 6.54 Å². The first-order chi connectivity index (χ1) is 12.3. The second-order valence-electron chi connectivity index (χ2n) is 8.11. The molecule has 26 heavy (non-hydrogen) atoms. The summed E-state index contributed by atoms with van der Waals surface area (Å²) in [5, 5.41) is 8.96. The predicted octanol–water partition coefficient (Wildman–Crippen LogP) is 2.87. The molecule has 2 heterocycles. The summed E-state index contributed by atoms with van der Waals surface area (Å²) in [5.41, 5.74) is 1.22. The molecule has 1 aliphatic carbocycles. The van der Waals surface area contributed by atoms with Crippen LogP contribution in [0.25, 0.3) is 10.2 Å². The summed E-state index contributed by atoms with van der Waals surface area (Å²) in [4.78, 5) is 29.0. The van der Waals surface area contributed by atoms with E-state index >= 15 is 0 Å². The number of hydrogen-bond donors (Lipinski definition) is 0. The summed E-state index contributed by atoms with van der Waals surface area (Å²) < 4.78 is 1.23. The molecule has 0 saturated heterocycles. The summed E-state index contributed by atoms with van der Waals surface area (Å²) in [6.07, 6.45) is 2.99. The second kappa shape index (κ2) is 7.10. The fourth-order valence-electron chi connectivity index (χ4n) is 3.77. The highest BCUT2D eigenvalue weighted by Crippen LogP contribution is 2.41. The van der Waals surface area contributed by atoms with Crippen LogP contribution in [-0.2, 0) is 24.2 Å². The third-order valence-corrected chi connectivity index (χ3v) is 6.70. The number of aryl methyl sites for hydroxylation is 1. The summed E-state index contributed by atoms with van der Waals surface area (Å²) in [5.74, 6) is 0.519. The molecule has 0 spiro atoms. The number of fused-ring (bicyclic) bond motifs is 3. The lowest BCUT2D eigenvalue weighted by molar-refractivity contribution is -0.131. The van der Waals surface area contributed by atoms with Gasteiger partial charge >= 0.3 is 0 Å². The van der Waals surface area contributed by atoms with Gasteiger partial charge < -0.3 is 4.90 Å². The number of amides is 1. The largest absolute Gasteiger partial charge is 0.342 e. The molecule has 0 fully saturated rings. The predicted molar refractivity (Wildman–Crippen MR) is 105 cm³/mol. The van der Waals surface area contributed by atoms with Crippen LogP contribution in [0.1, 0.15) is 51.5 Å². The first-order valence-electron chi connectivity index (χ1n) is 9.42. The number of rotatable bonds is 4. The van der Waals surface area contributed by atoms with Crippen LogP contribution in [0.5, 0.6) is 0 Å². The van der Waals surface area contributed by atoms with E-state index in [9.17, 15) is 9.59 Å². The molecule has 1 amide bonds. The Morgan fingerprint density at radius 2 is 2.00 bits per heavy atom. The van der Waals surface area contributed by atoms with E-state index in [0.717, 1.165) is 24.8 Å². The maximum absolute atomic E-state index is 13.0. The molecule has 2 aromatic rings. The molecule has 0 unspecified atom stereocenters. The number of nitrogens with zero attached hydrogens (tertiary/aromatic N) is 4. The standard InChI is InChI=1S/C19H28N4O2S/c1-6-22(7-2)15(24)11-23-18(25)16-13-9-8-12(19(3,4)5)10-14(13)26-17(16)20-21-23/h12H,6-11H2,1-5H3/t12-/m0/s1. The van der Waals surface area contributed by atoms with Crippen LogP contribution in [0.2, 0.25) is 0 Å². The average Bonchev–Trinajstić information content (AvgIpc) is 2.96. The molecule has 0 bridgehead atoms. The zero-order valence-corrected chi connectivity index (χ0v) is 17.2. The number of aromatic nitrogens is 3. The Hall–Kier alpha value is -1.76. The van der Waals surface area contributed by atoms with Gasteiger partial charge in [0.05, 0.1) is 5.39 Å². The molecular weight excluding hydrogens is 348 g/mol. The zero-order valence-electron chi connectivity index (χ0n) is 16.3. The van der Waals surface area contributed by atoms with E-state index in [1.54, 1.807) is 16.2 Å². The van der Waals surface area contributed by atoms with Gasteiger partial charge in [-0.3, -0.25) is 9.59 Å².